The number of hydrogen-bond acceptors (Lipinski definition) is 4. The van der Waals surface area contributed by atoms with Crippen LogP contribution in [0.25, 0.3) is 0 Å². The van der Waals surface area contributed by atoms with E-state index in [0.29, 0.717) is 0 Å². The summed E-state index contributed by atoms with van der Waals surface area (Å²) in [6, 6.07) is 0. The number of rotatable bonds is 23. The van der Waals surface area contributed by atoms with E-state index < -0.39 is 24.6 Å². The molecule has 0 saturated heterocycles. The lowest BCUT2D eigenvalue weighted by atomic mass is 9.95. The second-order valence-corrected chi connectivity index (χ2v) is 8.88. The fourth-order valence-electron chi connectivity index (χ4n) is 3.82. The van der Waals surface area contributed by atoms with Crippen molar-refractivity contribution >= 4 is 5.78 Å². The number of aliphatic hydroxyl groups excluding tert-OH is 2. The van der Waals surface area contributed by atoms with Crippen LogP contribution in [-0.2, 0) is 4.79 Å². The average Bonchev–Trinajstić information content (AvgIpc) is 2.74. The van der Waals surface area contributed by atoms with Crippen LogP contribution in [0.15, 0.2) is 0 Å². The van der Waals surface area contributed by atoms with E-state index in [-0.39, 0.29) is 6.42 Å². The lowest BCUT2D eigenvalue weighted by Gasteiger charge is -2.21. The van der Waals surface area contributed by atoms with Crippen molar-refractivity contribution in [3.05, 3.63) is 0 Å². The van der Waals surface area contributed by atoms with Crippen molar-refractivity contribution in [2.24, 2.45) is 0 Å². The van der Waals surface area contributed by atoms with Gasteiger partial charge in [-0.15, -0.1) is 0 Å². The molecule has 0 fully saturated rings. The molecule has 29 heavy (non-hydrogen) atoms. The summed E-state index contributed by atoms with van der Waals surface area (Å²) in [5, 5.41) is 27.7. The largest absolute Gasteiger partial charge is 0.393 e. The Balaban J connectivity index is 3.22. The normalized spacial score (nSPS) is 11.9. The van der Waals surface area contributed by atoms with Crippen molar-refractivity contribution in [1.82, 2.24) is 0 Å². The highest BCUT2D eigenvalue weighted by Crippen LogP contribution is 2.16. The summed E-state index contributed by atoms with van der Waals surface area (Å²) >= 11 is 0. The third kappa shape index (κ3) is 17.0. The first kappa shape index (κ1) is 28.5. The number of unbranched alkanes of at least 4 members (excludes halogenated alkanes) is 18. The topological polar surface area (TPSA) is 77.8 Å². The van der Waals surface area contributed by atoms with Gasteiger partial charge in [0.05, 0.1) is 13.2 Å². The smallest absolute Gasteiger partial charge is 0.169 e. The van der Waals surface area contributed by atoms with Crippen LogP contribution in [0.4, 0.5) is 0 Å². The van der Waals surface area contributed by atoms with E-state index in [2.05, 4.69) is 6.92 Å². The maximum atomic E-state index is 11.7. The van der Waals surface area contributed by atoms with Gasteiger partial charge in [0.2, 0.25) is 0 Å². The lowest BCUT2D eigenvalue weighted by Crippen LogP contribution is -2.45. The van der Waals surface area contributed by atoms with Gasteiger partial charge >= 0.3 is 0 Å². The number of carbonyl (C=O) groups is 1. The molecule has 0 bridgehead atoms. The molecule has 174 valence electrons. The Hall–Kier alpha value is -0.450. The van der Waals surface area contributed by atoms with Gasteiger partial charge in [-0.2, -0.15) is 0 Å². The van der Waals surface area contributed by atoms with Crippen molar-refractivity contribution in [2.75, 3.05) is 13.2 Å². The zero-order chi connectivity index (χ0) is 21.6. The van der Waals surface area contributed by atoms with E-state index in [9.17, 15) is 9.90 Å². The summed E-state index contributed by atoms with van der Waals surface area (Å²) in [5.74, 6) is -0.450. The number of hydrogen-bond donors (Lipinski definition) is 3. The second-order valence-electron chi connectivity index (χ2n) is 8.88. The first-order valence-electron chi connectivity index (χ1n) is 12.6. The summed E-state index contributed by atoms with van der Waals surface area (Å²) in [5.41, 5.74) is -1.95. The van der Waals surface area contributed by atoms with Gasteiger partial charge in [0.1, 0.15) is 0 Å². The minimum atomic E-state index is -1.95. The SMILES string of the molecule is CCCCCCCCCCCCCCCCCCCCCC(=O)C(O)(CO)CO. The highest BCUT2D eigenvalue weighted by Gasteiger charge is 2.33. The van der Waals surface area contributed by atoms with Crippen molar-refractivity contribution in [1.29, 1.82) is 0 Å². The van der Waals surface area contributed by atoms with Crippen LogP contribution in [0.2, 0.25) is 0 Å². The molecule has 0 aromatic heterocycles. The summed E-state index contributed by atoms with van der Waals surface area (Å²) < 4.78 is 0. The van der Waals surface area contributed by atoms with Crippen LogP contribution < -0.4 is 0 Å². The van der Waals surface area contributed by atoms with Gasteiger partial charge in [-0.1, -0.05) is 122 Å². The van der Waals surface area contributed by atoms with Crippen LogP contribution in [-0.4, -0.2) is 39.9 Å². The molecule has 0 aromatic carbocycles. The monoisotopic (exact) mass is 414 g/mol. The predicted octanol–water partition coefficient (Wildman–Crippen LogP) is 6.09. The average molecular weight is 415 g/mol. The first-order valence-corrected chi connectivity index (χ1v) is 12.6. The zero-order valence-electron chi connectivity index (χ0n) is 19.3. The Labute approximate surface area is 180 Å². The molecule has 0 heterocycles. The molecular formula is C25H50O4. The predicted molar refractivity (Wildman–Crippen MR) is 122 cm³/mol. The Bertz CT molecular complexity index is 353. The standard InChI is InChI=1S/C25H50O4/c1-2-3-4-5-6-7-8-9-10-11-12-13-14-15-16-17-18-19-20-21-24(28)25(29,22-26)23-27/h26-27,29H,2-23H2,1H3. The molecule has 0 aliphatic carbocycles. The van der Waals surface area contributed by atoms with Gasteiger partial charge < -0.3 is 15.3 Å². The summed E-state index contributed by atoms with van der Waals surface area (Å²) in [6.45, 7) is 0.860. The molecule has 0 saturated carbocycles. The van der Waals surface area contributed by atoms with Crippen LogP contribution in [0.5, 0.6) is 0 Å². The maximum Gasteiger partial charge on any atom is 0.169 e. The van der Waals surface area contributed by atoms with E-state index in [4.69, 9.17) is 10.2 Å². The Kier molecular flexibility index (Phi) is 20.5. The van der Waals surface area contributed by atoms with Crippen LogP contribution >= 0.6 is 0 Å². The van der Waals surface area contributed by atoms with E-state index in [0.717, 1.165) is 19.3 Å². The molecule has 0 amide bonds. The molecule has 0 aromatic rings. The molecule has 4 nitrogen and oxygen atoms in total. The van der Waals surface area contributed by atoms with Gasteiger partial charge in [0, 0.05) is 6.42 Å². The van der Waals surface area contributed by atoms with E-state index in [1.807, 2.05) is 0 Å². The third-order valence-corrected chi connectivity index (χ3v) is 6.05. The zero-order valence-corrected chi connectivity index (χ0v) is 19.3. The van der Waals surface area contributed by atoms with Crippen molar-refractivity contribution in [2.45, 2.75) is 141 Å². The Morgan fingerprint density at radius 1 is 0.552 bits per heavy atom. The molecule has 0 rings (SSSR count). The van der Waals surface area contributed by atoms with Crippen molar-refractivity contribution in [3.63, 3.8) is 0 Å². The molecule has 0 aliphatic rings. The van der Waals surface area contributed by atoms with Gasteiger partial charge in [-0.25, -0.2) is 0 Å². The maximum absolute atomic E-state index is 11.7. The molecular weight excluding hydrogens is 364 g/mol. The van der Waals surface area contributed by atoms with Crippen LogP contribution in [0.3, 0.4) is 0 Å². The molecule has 0 unspecified atom stereocenters. The molecule has 0 aliphatic heterocycles. The van der Waals surface area contributed by atoms with Crippen molar-refractivity contribution < 1.29 is 20.1 Å². The highest BCUT2D eigenvalue weighted by molar-refractivity contribution is 5.87. The number of carbonyl (C=O) groups excluding carboxylic acids is 1. The summed E-state index contributed by atoms with van der Waals surface area (Å²) in [6.07, 6.45) is 25.1. The van der Waals surface area contributed by atoms with E-state index in [1.165, 1.54) is 103 Å². The molecule has 0 spiro atoms. The summed E-state index contributed by atoms with van der Waals surface area (Å²) in [7, 11) is 0. The fraction of sp³-hybridized carbons (Fsp3) is 0.960. The minimum absolute atomic E-state index is 0.233. The quantitative estimate of drug-likeness (QED) is 0.177. The number of Topliss-reactive ketones (excluding diaryl/α,β-unsaturated/α-hetero) is 1. The molecule has 0 radical (unpaired) electrons. The fourth-order valence-corrected chi connectivity index (χ4v) is 3.82. The van der Waals surface area contributed by atoms with Gasteiger partial charge in [-0.05, 0) is 6.42 Å². The number of ketones is 1. The first-order chi connectivity index (χ1) is 14.1. The van der Waals surface area contributed by atoms with E-state index >= 15 is 0 Å². The molecule has 4 heteroatoms. The Morgan fingerprint density at radius 3 is 1.10 bits per heavy atom. The highest BCUT2D eigenvalue weighted by atomic mass is 16.4. The van der Waals surface area contributed by atoms with E-state index in [1.54, 1.807) is 0 Å². The lowest BCUT2D eigenvalue weighted by molar-refractivity contribution is -0.146. The molecule has 0 atom stereocenters. The van der Waals surface area contributed by atoms with Crippen LogP contribution in [0.1, 0.15) is 135 Å². The van der Waals surface area contributed by atoms with Crippen LogP contribution in [0, 0.1) is 0 Å². The molecule has 3 N–H and O–H groups in total. The Morgan fingerprint density at radius 2 is 0.828 bits per heavy atom. The van der Waals surface area contributed by atoms with Gasteiger partial charge in [-0.3, -0.25) is 4.79 Å². The van der Waals surface area contributed by atoms with Crippen molar-refractivity contribution in [3.8, 4) is 0 Å². The summed E-state index contributed by atoms with van der Waals surface area (Å²) in [4.78, 5) is 11.7. The minimum Gasteiger partial charge on any atom is -0.393 e. The number of aliphatic hydroxyl groups is 3. The third-order valence-electron chi connectivity index (χ3n) is 6.05. The van der Waals surface area contributed by atoms with Gasteiger partial charge in [0.15, 0.2) is 11.4 Å². The second kappa shape index (κ2) is 20.8. The van der Waals surface area contributed by atoms with Gasteiger partial charge in [0.25, 0.3) is 0 Å².